The van der Waals surface area contributed by atoms with Crippen LogP contribution in [-0.2, 0) is 9.97 Å². The lowest BCUT2D eigenvalue weighted by Crippen LogP contribution is -2.33. The van der Waals surface area contributed by atoms with E-state index in [0.29, 0.717) is 26.2 Å². The second-order valence-electron chi connectivity index (χ2n) is 6.76. The van der Waals surface area contributed by atoms with Gasteiger partial charge in [0, 0.05) is 31.7 Å². The number of aromatic nitrogens is 3. The standard InChI is InChI=1S/C18H19Cl3F3N5O/c19-17(20,21)15-25-14(12-3-1-4-13(11-12)18(22,23)24)26-16(27-15)29-6-2-5-28(7-8-29)9-10-30/h1,3-4,11,30H,2,5-10H2. The third-order valence-corrected chi connectivity index (χ3v) is 5.12. The fraction of sp³-hybridized carbons (Fsp3) is 0.500. The van der Waals surface area contributed by atoms with Gasteiger partial charge in [-0.25, -0.2) is 4.98 Å². The van der Waals surface area contributed by atoms with Crippen LogP contribution in [0.3, 0.4) is 0 Å². The Morgan fingerprint density at radius 1 is 1.00 bits per heavy atom. The highest BCUT2D eigenvalue weighted by molar-refractivity contribution is 6.66. The topological polar surface area (TPSA) is 65.4 Å². The van der Waals surface area contributed by atoms with Gasteiger partial charge < -0.3 is 10.0 Å². The van der Waals surface area contributed by atoms with Crippen LogP contribution in [0.2, 0.25) is 0 Å². The number of alkyl halides is 6. The number of aliphatic hydroxyl groups is 1. The molecule has 0 radical (unpaired) electrons. The van der Waals surface area contributed by atoms with Crippen LogP contribution in [-0.4, -0.2) is 64.3 Å². The highest BCUT2D eigenvalue weighted by Crippen LogP contribution is 2.38. The van der Waals surface area contributed by atoms with Crippen LogP contribution in [0.1, 0.15) is 17.8 Å². The van der Waals surface area contributed by atoms with Crippen LogP contribution < -0.4 is 4.90 Å². The maximum Gasteiger partial charge on any atom is 0.416 e. The Hall–Kier alpha value is -1.39. The maximum atomic E-state index is 13.1. The van der Waals surface area contributed by atoms with Crippen LogP contribution >= 0.6 is 34.8 Å². The predicted octanol–water partition coefficient (Wildman–Crippen LogP) is 3.89. The van der Waals surface area contributed by atoms with Gasteiger partial charge in [-0.2, -0.15) is 23.1 Å². The smallest absolute Gasteiger partial charge is 0.395 e. The highest BCUT2D eigenvalue weighted by Gasteiger charge is 2.32. The number of anilines is 1. The molecule has 1 N–H and O–H groups in total. The summed E-state index contributed by atoms with van der Waals surface area (Å²) in [6, 6.07) is 4.65. The van der Waals surface area contributed by atoms with E-state index in [0.717, 1.165) is 25.1 Å². The first-order valence-electron chi connectivity index (χ1n) is 9.17. The normalized spacial score (nSPS) is 16.6. The molecule has 30 heavy (non-hydrogen) atoms. The van der Waals surface area contributed by atoms with Gasteiger partial charge >= 0.3 is 6.18 Å². The van der Waals surface area contributed by atoms with E-state index in [2.05, 4.69) is 19.9 Å². The average molecular weight is 485 g/mol. The maximum absolute atomic E-state index is 13.1. The molecule has 1 aromatic carbocycles. The molecular formula is C18H19Cl3F3N5O. The minimum absolute atomic E-state index is 0.0103. The highest BCUT2D eigenvalue weighted by atomic mass is 35.6. The number of rotatable bonds is 4. The molecule has 1 aliphatic heterocycles. The average Bonchev–Trinajstić information content (AvgIpc) is 2.92. The molecule has 164 valence electrons. The molecule has 3 rings (SSSR count). The summed E-state index contributed by atoms with van der Waals surface area (Å²) in [4.78, 5) is 16.7. The summed E-state index contributed by atoms with van der Waals surface area (Å²) >= 11 is 17.9. The summed E-state index contributed by atoms with van der Waals surface area (Å²) in [5.74, 6) is 0.0508. The van der Waals surface area contributed by atoms with Crippen molar-refractivity contribution in [2.24, 2.45) is 0 Å². The van der Waals surface area contributed by atoms with Gasteiger partial charge in [0.25, 0.3) is 0 Å². The van der Waals surface area contributed by atoms with E-state index in [-0.39, 0.29) is 29.8 Å². The zero-order valence-electron chi connectivity index (χ0n) is 15.7. The third kappa shape index (κ3) is 5.85. The van der Waals surface area contributed by atoms with E-state index in [4.69, 9.17) is 39.9 Å². The Bertz CT molecular complexity index is 879. The van der Waals surface area contributed by atoms with Crippen molar-refractivity contribution in [3.05, 3.63) is 35.7 Å². The first kappa shape index (κ1) is 23.3. The zero-order valence-corrected chi connectivity index (χ0v) is 18.0. The second kappa shape index (κ2) is 9.40. The van der Waals surface area contributed by atoms with Crippen LogP contribution in [0.15, 0.2) is 24.3 Å². The molecule has 2 aromatic rings. The molecule has 1 saturated heterocycles. The molecule has 0 aliphatic carbocycles. The van der Waals surface area contributed by atoms with Crippen LogP contribution in [0.25, 0.3) is 11.4 Å². The number of benzene rings is 1. The largest absolute Gasteiger partial charge is 0.416 e. The van der Waals surface area contributed by atoms with E-state index in [9.17, 15) is 13.2 Å². The van der Waals surface area contributed by atoms with Crippen molar-refractivity contribution in [1.82, 2.24) is 19.9 Å². The number of aliphatic hydroxyl groups excluding tert-OH is 1. The van der Waals surface area contributed by atoms with Crippen molar-refractivity contribution < 1.29 is 18.3 Å². The molecule has 0 atom stereocenters. The van der Waals surface area contributed by atoms with E-state index < -0.39 is 15.5 Å². The van der Waals surface area contributed by atoms with E-state index in [1.54, 1.807) is 0 Å². The Balaban J connectivity index is 1.99. The minimum atomic E-state index is -4.51. The summed E-state index contributed by atoms with van der Waals surface area (Å²) in [5.41, 5.74) is -0.687. The fourth-order valence-corrected chi connectivity index (χ4v) is 3.39. The van der Waals surface area contributed by atoms with Gasteiger partial charge in [-0.15, -0.1) is 0 Å². The molecule has 0 unspecified atom stereocenters. The van der Waals surface area contributed by atoms with Crippen LogP contribution in [0.5, 0.6) is 0 Å². The fourth-order valence-electron chi connectivity index (χ4n) is 3.13. The lowest BCUT2D eigenvalue weighted by atomic mass is 10.1. The van der Waals surface area contributed by atoms with Crippen molar-refractivity contribution in [3.8, 4) is 11.4 Å². The summed E-state index contributed by atoms with van der Waals surface area (Å²) in [6.45, 7) is 3.22. The Labute approximate surface area is 186 Å². The van der Waals surface area contributed by atoms with Gasteiger partial charge in [-0.05, 0) is 25.1 Å². The zero-order chi connectivity index (χ0) is 21.9. The summed E-state index contributed by atoms with van der Waals surface area (Å²) < 4.78 is 37.4. The van der Waals surface area contributed by atoms with Crippen molar-refractivity contribution in [3.63, 3.8) is 0 Å². The molecule has 1 aliphatic rings. The van der Waals surface area contributed by atoms with E-state index in [1.807, 2.05) is 4.90 Å². The van der Waals surface area contributed by atoms with Gasteiger partial charge in [-0.3, -0.25) is 4.90 Å². The first-order valence-corrected chi connectivity index (χ1v) is 10.3. The van der Waals surface area contributed by atoms with Gasteiger partial charge in [0.2, 0.25) is 9.74 Å². The molecular weight excluding hydrogens is 466 g/mol. The molecule has 0 amide bonds. The number of β-amino-alcohol motifs (C(OH)–C–C–N with tert-alkyl or cyclic N) is 1. The molecule has 0 bridgehead atoms. The quantitative estimate of drug-likeness (QED) is 0.665. The molecule has 0 spiro atoms. The van der Waals surface area contributed by atoms with Crippen LogP contribution in [0.4, 0.5) is 19.1 Å². The first-order chi connectivity index (χ1) is 14.1. The Morgan fingerprint density at radius 2 is 1.77 bits per heavy atom. The van der Waals surface area contributed by atoms with Crippen molar-refractivity contribution >= 4 is 40.8 Å². The lowest BCUT2D eigenvalue weighted by molar-refractivity contribution is -0.137. The number of hydrogen-bond donors (Lipinski definition) is 1. The molecule has 1 aromatic heterocycles. The number of nitrogens with zero attached hydrogens (tertiary/aromatic N) is 5. The molecule has 2 heterocycles. The van der Waals surface area contributed by atoms with Gasteiger partial charge in [0.05, 0.1) is 12.2 Å². The van der Waals surface area contributed by atoms with E-state index in [1.165, 1.54) is 12.1 Å². The monoisotopic (exact) mass is 483 g/mol. The van der Waals surface area contributed by atoms with Crippen molar-refractivity contribution in [2.45, 2.75) is 16.4 Å². The van der Waals surface area contributed by atoms with Crippen molar-refractivity contribution in [1.29, 1.82) is 0 Å². The van der Waals surface area contributed by atoms with Gasteiger partial charge in [0.1, 0.15) is 0 Å². The van der Waals surface area contributed by atoms with E-state index >= 15 is 0 Å². The van der Waals surface area contributed by atoms with Gasteiger partial charge in [0.15, 0.2) is 11.6 Å². The minimum Gasteiger partial charge on any atom is -0.395 e. The molecule has 12 heteroatoms. The summed E-state index contributed by atoms with van der Waals surface area (Å²) in [7, 11) is 0. The third-order valence-electron chi connectivity index (χ3n) is 4.61. The van der Waals surface area contributed by atoms with Crippen molar-refractivity contribution in [2.75, 3.05) is 44.2 Å². The predicted molar refractivity (Wildman–Crippen MR) is 110 cm³/mol. The Morgan fingerprint density at radius 3 is 2.43 bits per heavy atom. The van der Waals surface area contributed by atoms with Crippen LogP contribution in [0, 0.1) is 0 Å². The lowest BCUT2D eigenvalue weighted by Gasteiger charge is -2.23. The summed E-state index contributed by atoms with van der Waals surface area (Å²) in [6.07, 6.45) is -3.72. The SMILES string of the molecule is OCCN1CCCN(c2nc(-c3cccc(C(F)(F)F)c3)nc(C(Cl)(Cl)Cl)n2)CC1. The Kier molecular flexibility index (Phi) is 7.29. The molecule has 0 saturated carbocycles. The van der Waals surface area contributed by atoms with Gasteiger partial charge in [-0.1, -0.05) is 46.9 Å². The molecule has 6 nitrogen and oxygen atoms in total. The number of hydrogen-bond acceptors (Lipinski definition) is 6. The second-order valence-corrected chi connectivity index (χ2v) is 9.05. The number of halogens is 6. The molecule has 1 fully saturated rings. The summed E-state index contributed by atoms with van der Waals surface area (Å²) in [5, 5.41) is 9.15.